The molecule has 2 unspecified atom stereocenters. The Bertz CT molecular complexity index is 151. The molecule has 0 bridgehead atoms. The zero-order chi connectivity index (χ0) is 10.3. The maximum atomic E-state index is 11.0. The lowest BCUT2D eigenvalue weighted by Gasteiger charge is -2.09. The summed E-state index contributed by atoms with van der Waals surface area (Å²) in [6.45, 7) is 4.71. The topological polar surface area (TPSA) is 49.3 Å². The maximum absolute atomic E-state index is 11.0. The molecule has 0 aromatic rings. The third kappa shape index (κ3) is 7.02. The molecule has 0 fully saturated rings. The predicted molar refractivity (Wildman–Crippen MR) is 56.9 cm³/mol. The fourth-order valence-electron chi connectivity index (χ4n) is 0.894. The molecule has 0 heterocycles. The van der Waals surface area contributed by atoms with Gasteiger partial charge in [-0.15, -0.1) is 0 Å². The van der Waals surface area contributed by atoms with Crippen molar-refractivity contribution in [3.63, 3.8) is 0 Å². The lowest BCUT2D eigenvalue weighted by molar-refractivity contribution is -0.120. The second-order valence-electron chi connectivity index (χ2n) is 3.34. The van der Waals surface area contributed by atoms with E-state index in [1.54, 1.807) is 6.92 Å². The van der Waals surface area contributed by atoms with Gasteiger partial charge in [0.05, 0.1) is 4.83 Å². The standard InChI is InChI=1S/C9H18BrNO2/c1-7(6-12)4-3-5-11-9(13)8(2)10/h7-8,12H,3-6H2,1-2H3,(H,11,13). The lowest BCUT2D eigenvalue weighted by atomic mass is 10.1. The molecule has 0 saturated carbocycles. The van der Waals surface area contributed by atoms with Crippen molar-refractivity contribution in [3.05, 3.63) is 0 Å². The van der Waals surface area contributed by atoms with Gasteiger partial charge in [-0.1, -0.05) is 22.9 Å². The molecule has 3 nitrogen and oxygen atoms in total. The van der Waals surface area contributed by atoms with Gasteiger partial charge in [0, 0.05) is 13.2 Å². The van der Waals surface area contributed by atoms with Crippen LogP contribution >= 0.6 is 15.9 Å². The summed E-state index contributed by atoms with van der Waals surface area (Å²) in [6.07, 6.45) is 1.88. The minimum absolute atomic E-state index is 0.0247. The number of rotatable bonds is 6. The Morgan fingerprint density at radius 3 is 2.62 bits per heavy atom. The number of hydrogen-bond acceptors (Lipinski definition) is 2. The molecule has 0 aliphatic heterocycles. The Labute approximate surface area is 88.0 Å². The molecule has 1 amide bonds. The van der Waals surface area contributed by atoms with E-state index >= 15 is 0 Å². The SMILES string of the molecule is CC(CO)CCCNC(=O)C(C)Br. The van der Waals surface area contributed by atoms with Crippen LogP contribution in [0.4, 0.5) is 0 Å². The number of aliphatic hydroxyl groups excluding tert-OH is 1. The Morgan fingerprint density at radius 2 is 2.15 bits per heavy atom. The summed E-state index contributed by atoms with van der Waals surface area (Å²) in [7, 11) is 0. The van der Waals surface area contributed by atoms with E-state index in [-0.39, 0.29) is 17.3 Å². The number of nitrogens with one attached hydrogen (secondary N) is 1. The lowest BCUT2D eigenvalue weighted by Crippen LogP contribution is -2.30. The Hall–Kier alpha value is -0.0900. The van der Waals surface area contributed by atoms with E-state index in [4.69, 9.17) is 5.11 Å². The molecule has 0 rings (SSSR count). The first kappa shape index (κ1) is 12.9. The molecule has 0 radical (unpaired) electrons. The first-order chi connectivity index (χ1) is 6.07. The van der Waals surface area contributed by atoms with Crippen molar-refractivity contribution < 1.29 is 9.90 Å². The van der Waals surface area contributed by atoms with Crippen LogP contribution in [0.15, 0.2) is 0 Å². The third-order valence-corrected chi connectivity index (χ3v) is 2.26. The highest BCUT2D eigenvalue weighted by atomic mass is 79.9. The molecule has 78 valence electrons. The van der Waals surface area contributed by atoms with Crippen molar-refractivity contribution in [2.24, 2.45) is 5.92 Å². The van der Waals surface area contributed by atoms with Crippen molar-refractivity contribution >= 4 is 21.8 Å². The molecular formula is C9H18BrNO2. The van der Waals surface area contributed by atoms with Crippen LogP contribution in [0.1, 0.15) is 26.7 Å². The fourth-order valence-corrected chi connectivity index (χ4v) is 1.06. The van der Waals surface area contributed by atoms with Crippen LogP contribution in [0.2, 0.25) is 0 Å². The summed E-state index contributed by atoms with van der Waals surface area (Å²) in [5.74, 6) is 0.356. The van der Waals surface area contributed by atoms with Gasteiger partial charge in [-0.3, -0.25) is 4.79 Å². The van der Waals surface area contributed by atoms with Crippen LogP contribution in [0.3, 0.4) is 0 Å². The first-order valence-corrected chi connectivity index (χ1v) is 5.52. The minimum Gasteiger partial charge on any atom is -0.396 e. The van der Waals surface area contributed by atoms with E-state index in [1.807, 2.05) is 6.92 Å². The van der Waals surface area contributed by atoms with E-state index in [9.17, 15) is 4.79 Å². The third-order valence-electron chi connectivity index (χ3n) is 1.85. The van der Waals surface area contributed by atoms with Gasteiger partial charge in [0.1, 0.15) is 0 Å². The quantitative estimate of drug-likeness (QED) is 0.553. The van der Waals surface area contributed by atoms with Gasteiger partial charge in [-0.05, 0) is 25.7 Å². The van der Waals surface area contributed by atoms with Crippen LogP contribution in [0, 0.1) is 5.92 Å². The van der Waals surface area contributed by atoms with Crippen LogP contribution in [-0.2, 0) is 4.79 Å². The predicted octanol–water partition coefficient (Wildman–Crippen LogP) is 1.29. The van der Waals surface area contributed by atoms with Gasteiger partial charge in [-0.25, -0.2) is 0 Å². The van der Waals surface area contributed by atoms with Crippen LogP contribution in [-0.4, -0.2) is 29.0 Å². The van der Waals surface area contributed by atoms with E-state index in [0.717, 1.165) is 12.8 Å². The van der Waals surface area contributed by atoms with E-state index in [1.165, 1.54) is 0 Å². The smallest absolute Gasteiger partial charge is 0.233 e. The summed E-state index contributed by atoms with van der Waals surface area (Å²) >= 11 is 3.18. The Morgan fingerprint density at radius 1 is 1.54 bits per heavy atom. The number of amides is 1. The normalized spacial score (nSPS) is 15.1. The second kappa shape index (κ2) is 7.33. The first-order valence-electron chi connectivity index (χ1n) is 4.60. The molecule has 0 aromatic heterocycles. The average Bonchev–Trinajstić information content (AvgIpc) is 2.11. The van der Waals surface area contributed by atoms with E-state index in [2.05, 4.69) is 21.2 Å². The molecular weight excluding hydrogens is 234 g/mol. The molecule has 2 atom stereocenters. The largest absolute Gasteiger partial charge is 0.396 e. The van der Waals surface area contributed by atoms with Crippen molar-refractivity contribution in [2.75, 3.05) is 13.2 Å². The van der Waals surface area contributed by atoms with Crippen LogP contribution in [0.25, 0.3) is 0 Å². The van der Waals surface area contributed by atoms with Gasteiger partial charge in [0.2, 0.25) is 5.91 Å². The highest BCUT2D eigenvalue weighted by Gasteiger charge is 2.07. The Balaban J connectivity index is 3.31. The van der Waals surface area contributed by atoms with Gasteiger partial charge in [0.15, 0.2) is 0 Å². The monoisotopic (exact) mass is 251 g/mol. The van der Waals surface area contributed by atoms with Gasteiger partial charge in [0.25, 0.3) is 0 Å². The van der Waals surface area contributed by atoms with Crippen molar-refractivity contribution in [3.8, 4) is 0 Å². The van der Waals surface area contributed by atoms with Gasteiger partial charge >= 0.3 is 0 Å². The molecule has 0 aromatic carbocycles. The minimum atomic E-state index is -0.122. The molecule has 0 aliphatic rings. The summed E-state index contributed by atoms with van der Waals surface area (Å²) in [5, 5.41) is 11.5. The summed E-state index contributed by atoms with van der Waals surface area (Å²) < 4.78 is 0. The second-order valence-corrected chi connectivity index (χ2v) is 4.71. The summed E-state index contributed by atoms with van der Waals surface area (Å²) in [4.78, 5) is 10.9. The number of carbonyl (C=O) groups is 1. The Kier molecular flexibility index (Phi) is 7.28. The highest BCUT2D eigenvalue weighted by molar-refractivity contribution is 9.10. The molecule has 13 heavy (non-hydrogen) atoms. The van der Waals surface area contributed by atoms with E-state index < -0.39 is 0 Å². The number of aliphatic hydroxyl groups is 1. The molecule has 0 saturated heterocycles. The number of alkyl halides is 1. The molecule has 4 heteroatoms. The van der Waals surface area contributed by atoms with Gasteiger partial charge < -0.3 is 10.4 Å². The zero-order valence-electron chi connectivity index (χ0n) is 8.22. The zero-order valence-corrected chi connectivity index (χ0v) is 9.80. The average molecular weight is 252 g/mol. The summed E-state index contributed by atoms with van der Waals surface area (Å²) in [5.41, 5.74) is 0. The van der Waals surface area contributed by atoms with Crippen LogP contribution < -0.4 is 5.32 Å². The molecule has 2 N–H and O–H groups in total. The number of carbonyl (C=O) groups excluding carboxylic acids is 1. The van der Waals surface area contributed by atoms with Crippen molar-refractivity contribution in [2.45, 2.75) is 31.5 Å². The maximum Gasteiger partial charge on any atom is 0.233 e. The van der Waals surface area contributed by atoms with Crippen molar-refractivity contribution in [1.29, 1.82) is 0 Å². The highest BCUT2D eigenvalue weighted by Crippen LogP contribution is 2.03. The number of halogens is 1. The van der Waals surface area contributed by atoms with Crippen LogP contribution in [0.5, 0.6) is 0 Å². The van der Waals surface area contributed by atoms with E-state index in [0.29, 0.717) is 12.5 Å². The van der Waals surface area contributed by atoms with Crippen molar-refractivity contribution in [1.82, 2.24) is 5.32 Å². The van der Waals surface area contributed by atoms with Gasteiger partial charge in [-0.2, -0.15) is 0 Å². The summed E-state index contributed by atoms with van der Waals surface area (Å²) in [6, 6.07) is 0. The number of hydrogen-bond donors (Lipinski definition) is 2. The molecule has 0 spiro atoms. The fraction of sp³-hybridized carbons (Fsp3) is 0.889. The molecule has 0 aliphatic carbocycles.